The molecule has 2 aliphatic heterocycles. The van der Waals surface area contributed by atoms with Gasteiger partial charge in [0.2, 0.25) is 0 Å². The van der Waals surface area contributed by atoms with Crippen LogP contribution in [-0.2, 0) is 9.47 Å². The molecule has 0 aromatic heterocycles. The summed E-state index contributed by atoms with van der Waals surface area (Å²) in [6, 6.07) is 5.95. The molecule has 2 atom stereocenters. The maximum Gasteiger partial charge on any atom is 0.338 e. The van der Waals surface area contributed by atoms with Crippen LogP contribution in [0.2, 0.25) is 0 Å². The van der Waals surface area contributed by atoms with E-state index in [-0.39, 0.29) is 26.1 Å². The van der Waals surface area contributed by atoms with Crippen LogP contribution in [0.3, 0.4) is 0 Å². The number of esters is 2. The second kappa shape index (κ2) is 6.49. The maximum atomic E-state index is 11.9. The van der Waals surface area contributed by atoms with Crippen molar-refractivity contribution in [1.29, 1.82) is 0 Å². The highest BCUT2D eigenvalue weighted by Crippen LogP contribution is 2.19. The molecule has 0 saturated heterocycles. The first kappa shape index (κ1) is 14.5. The standard InChI is InChI=1S/C14H16O6/c15-7-5-11-12(6-8-16)20-14(18)10-2-1-9(3-4-10)13(17)19-11/h1-4,11-12,15-16H,5-8H2. The molecule has 6 nitrogen and oxygen atoms in total. The minimum atomic E-state index is -0.780. The van der Waals surface area contributed by atoms with Gasteiger partial charge in [-0.1, -0.05) is 0 Å². The van der Waals surface area contributed by atoms with E-state index >= 15 is 0 Å². The molecule has 0 fully saturated rings. The average Bonchev–Trinajstić information content (AvgIpc) is 2.45. The summed E-state index contributed by atoms with van der Waals surface area (Å²) in [6.07, 6.45) is -1.28. The minimum absolute atomic E-state index is 0.139. The fourth-order valence-electron chi connectivity index (χ4n) is 2.05. The molecule has 3 rings (SSSR count). The Bertz CT molecular complexity index is 436. The summed E-state index contributed by atoms with van der Waals surface area (Å²) in [5, 5.41) is 18.1. The zero-order valence-electron chi connectivity index (χ0n) is 10.8. The van der Waals surface area contributed by atoms with E-state index in [1.54, 1.807) is 0 Å². The Morgan fingerprint density at radius 2 is 1.15 bits per heavy atom. The van der Waals surface area contributed by atoms with Crippen LogP contribution in [0, 0.1) is 0 Å². The zero-order chi connectivity index (χ0) is 14.5. The number of fused-ring (bicyclic) bond motifs is 7. The predicted molar refractivity (Wildman–Crippen MR) is 68.3 cm³/mol. The SMILES string of the molecule is O=C1OC(CCO)C(CCO)OC(=O)c2ccc1cc2. The van der Waals surface area contributed by atoms with Crippen LogP contribution in [0.5, 0.6) is 0 Å². The molecule has 0 aliphatic carbocycles. The third-order valence-corrected chi connectivity index (χ3v) is 3.12. The van der Waals surface area contributed by atoms with Crippen molar-refractivity contribution < 1.29 is 29.3 Å². The van der Waals surface area contributed by atoms with Crippen molar-refractivity contribution in [2.75, 3.05) is 13.2 Å². The molecule has 2 unspecified atom stereocenters. The topological polar surface area (TPSA) is 93.1 Å². The summed E-state index contributed by atoms with van der Waals surface area (Å²) in [7, 11) is 0. The molecule has 2 aliphatic rings. The molecule has 1 aromatic carbocycles. The number of hydrogen-bond donors (Lipinski definition) is 2. The largest absolute Gasteiger partial charge is 0.455 e. The lowest BCUT2D eigenvalue weighted by Crippen LogP contribution is -2.37. The first-order valence-electron chi connectivity index (χ1n) is 6.39. The number of benzene rings is 1. The lowest BCUT2D eigenvalue weighted by molar-refractivity contribution is -0.0494. The lowest BCUT2D eigenvalue weighted by atomic mass is 10.1. The number of hydrogen-bond acceptors (Lipinski definition) is 6. The van der Waals surface area contributed by atoms with Crippen LogP contribution in [0.1, 0.15) is 33.6 Å². The van der Waals surface area contributed by atoms with Gasteiger partial charge >= 0.3 is 11.9 Å². The molecular weight excluding hydrogens is 264 g/mol. The lowest BCUT2D eigenvalue weighted by Gasteiger charge is -2.27. The smallest absolute Gasteiger partial charge is 0.338 e. The molecule has 108 valence electrons. The van der Waals surface area contributed by atoms with Gasteiger partial charge in [-0.2, -0.15) is 0 Å². The van der Waals surface area contributed by atoms with Gasteiger partial charge in [0.05, 0.1) is 11.1 Å². The minimum Gasteiger partial charge on any atom is -0.455 e. The van der Waals surface area contributed by atoms with Crippen LogP contribution in [0.15, 0.2) is 24.3 Å². The fraction of sp³-hybridized carbons (Fsp3) is 0.429. The van der Waals surface area contributed by atoms with Crippen molar-refractivity contribution in [3.63, 3.8) is 0 Å². The summed E-state index contributed by atoms with van der Waals surface area (Å²) in [6.45, 7) is -0.427. The Hall–Kier alpha value is -1.92. The van der Waals surface area contributed by atoms with Gasteiger partial charge in [0.1, 0.15) is 12.2 Å². The van der Waals surface area contributed by atoms with E-state index in [4.69, 9.17) is 19.7 Å². The number of carbonyl (C=O) groups is 2. The maximum absolute atomic E-state index is 11.9. The summed E-state index contributed by atoms with van der Waals surface area (Å²) < 4.78 is 10.5. The number of rotatable bonds is 4. The monoisotopic (exact) mass is 280 g/mol. The number of aliphatic hydroxyl groups excluding tert-OH is 2. The molecular formula is C14H16O6. The fourth-order valence-corrected chi connectivity index (χ4v) is 2.05. The molecule has 2 bridgehead atoms. The summed E-state index contributed by atoms with van der Waals surface area (Å²) >= 11 is 0. The van der Waals surface area contributed by atoms with Gasteiger partial charge in [0.15, 0.2) is 0 Å². The predicted octanol–water partition coefficient (Wildman–Crippen LogP) is 0.516. The molecule has 0 amide bonds. The highest BCUT2D eigenvalue weighted by molar-refractivity contribution is 5.93. The Morgan fingerprint density at radius 1 is 0.800 bits per heavy atom. The molecule has 0 spiro atoms. The summed E-state index contributed by atoms with van der Waals surface area (Å²) in [5.74, 6) is -1.09. The second-order valence-electron chi connectivity index (χ2n) is 4.49. The van der Waals surface area contributed by atoms with Gasteiger partial charge in [-0.15, -0.1) is 0 Å². The Labute approximate surface area is 115 Å². The van der Waals surface area contributed by atoms with Crippen LogP contribution < -0.4 is 0 Å². The van der Waals surface area contributed by atoms with Gasteiger partial charge in [0, 0.05) is 26.1 Å². The van der Waals surface area contributed by atoms with E-state index in [1.807, 2.05) is 0 Å². The molecule has 1 aromatic rings. The Balaban J connectivity index is 2.33. The number of aliphatic hydroxyl groups is 2. The summed E-state index contributed by atoms with van der Waals surface area (Å²) in [5.41, 5.74) is 0.656. The van der Waals surface area contributed by atoms with Gasteiger partial charge in [0.25, 0.3) is 0 Å². The van der Waals surface area contributed by atoms with Gasteiger partial charge in [-0.3, -0.25) is 0 Å². The molecule has 6 heteroatoms. The van der Waals surface area contributed by atoms with Crippen molar-refractivity contribution in [1.82, 2.24) is 0 Å². The van der Waals surface area contributed by atoms with Crippen molar-refractivity contribution in [3.8, 4) is 0 Å². The van der Waals surface area contributed by atoms with E-state index in [0.717, 1.165) is 0 Å². The number of ether oxygens (including phenoxy) is 2. The van der Waals surface area contributed by atoms with Crippen molar-refractivity contribution >= 4 is 11.9 Å². The van der Waals surface area contributed by atoms with Crippen LogP contribution in [0.4, 0.5) is 0 Å². The molecule has 2 N–H and O–H groups in total. The normalized spacial score (nSPS) is 22.3. The van der Waals surface area contributed by atoms with Gasteiger partial charge < -0.3 is 19.7 Å². The van der Waals surface area contributed by atoms with Crippen molar-refractivity contribution in [2.45, 2.75) is 25.0 Å². The molecule has 0 saturated carbocycles. The second-order valence-corrected chi connectivity index (χ2v) is 4.49. The summed E-state index contributed by atoms with van der Waals surface area (Å²) in [4.78, 5) is 23.9. The van der Waals surface area contributed by atoms with Gasteiger partial charge in [-0.05, 0) is 24.3 Å². The van der Waals surface area contributed by atoms with E-state index in [1.165, 1.54) is 24.3 Å². The van der Waals surface area contributed by atoms with Gasteiger partial charge in [-0.25, -0.2) is 9.59 Å². The third kappa shape index (κ3) is 3.15. The highest BCUT2D eigenvalue weighted by atomic mass is 16.6. The Kier molecular flexibility index (Phi) is 4.70. The van der Waals surface area contributed by atoms with E-state index < -0.39 is 24.1 Å². The van der Waals surface area contributed by atoms with Crippen molar-refractivity contribution in [3.05, 3.63) is 35.4 Å². The first-order valence-corrected chi connectivity index (χ1v) is 6.39. The van der Waals surface area contributed by atoms with Crippen LogP contribution in [-0.4, -0.2) is 47.6 Å². The third-order valence-electron chi connectivity index (χ3n) is 3.12. The molecule has 2 heterocycles. The average molecular weight is 280 g/mol. The van der Waals surface area contributed by atoms with E-state index in [0.29, 0.717) is 11.1 Å². The van der Waals surface area contributed by atoms with Crippen LogP contribution >= 0.6 is 0 Å². The first-order chi connectivity index (χ1) is 9.65. The van der Waals surface area contributed by atoms with Crippen LogP contribution in [0.25, 0.3) is 0 Å². The molecule has 0 radical (unpaired) electrons. The van der Waals surface area contributed by atoms with E-state index in [9.17, 15) is 9.59 Å². The Morgan fingerprint density at radius 3 is 1.45 bits per heavy atom. The van der Waals surface area contributed by atoms with E-state index in [2.05, 4.69) is 0 Å². The van der Waals surface area contributed by atoms with Crippen molar-refractivity contribution in [2.24, 2.45) is 0 Å². The molecule has 20 heavy (non-hydrogen) atoms. The number of carbonyl (C=O) groups excluding carboxylic acids is 2. The quantitative estimate of drug-likeness (QED) is 0.781. The highest BCUT2D eigenvalue weighted by Gasteiger charge is 2.30. The zero-order valence-corrected chi connectivity index (χ0v) is 10.8.